The van der Waals surface area contributed by atoms with Gasteiger partial charge in [0.25, 0.3) is 5.91 Å². The second kappa shape index (κ2) is 5.66. The molecule has 1 amide bonds. The van der Waals surface area contributed by atoms with Crippen molar-refractivity contribution in [3.05, 3.63) is 63.4 Å². The molecule has 2 aromatic carbocycles. The number of carbonyl (C=O) groups is 1. The molecule has 0 radical (unpaired) electrons. The number of carbonyl (C=O) groups excluding carboxylic acids is 1. The molecular formula is C14H9BrF3NO. The predicted octanol–water partition coefficient (Wildman–Crippen LogP) is 4.43. The van der Waals surface area contributed by atoms with Gasteiger partial charge in [-0.3, -0.25) is 4.79 Å². The van der Waals surface area contributed by atoms with E-state index in [1.165, 1.54) is 0 Å². The number of hydrogen-bond donors (Lipinski definition) is 1. The zero-order valence-electron chi connectivity index (χ0n) is 10.3. The quantitative estimate of drug-likeness (QED) is 0.803. The normalized spacial score (nSPS) is 10.4. The molecule has 0 aliphatic heterocycles. The number of nitrogens with one attached hydrogen (secondary N) is 1. The van der Waals surface area contributed by atoms with Crippen molar-refractivity contribution in [2.45, 2.75) is 6.92 Å². The van der Waals surface area contributed by atoms with E-state index in [0.717, 1.165) is 10.0 Å². The molecular weight excluding hydrogens is 335 g/mol. The number of rotatable bonds is 2. The van der Waals surface area contributed by atoms with Gasteiger partial charge in [-0.1, -0.05) is 15.9 Å². The molecule has 104 valence electrons. The first-order chi connectivity index (χ1) is 9.36. The number of halogens is 4. The van der Waals surface area contributed by atoms with Gasteiger partial charge in [-0.05, 0) is 42.8 Å². The number of benzene rings is 2. The summed E-state index contributed by atoms with van der Waals surface area (Å²) in [5.41, 5.74) is 1.07. The summed E-state index contributed by atoms with van der Waals surface area (Å²) in [4.78, 5) is 11.9. The highest BCUT2D eigenvalue weighted by Gasteiger charge is 2.15. The van der Waals surface area contributed by atoms with Gasteiger partial charge in [0, 0.05) is 15.7 Å². The van der Waals surface area contributed by atoms with Crippen LogP contribution in [0.3, 0.4) is 0 Å². The SMILES string of the molecule is Cc1cc(Br)cc(NC(=O)c2cc(F)c(F)c(F)c2)c1. The Labute approximate surface area is 121 Å². The predicted molar refractivity (Wildman–Crippen MR) is 73.1 cm³/mol. The minimum Gasteiger partial charge on any atom is -0.322 e. The average Bonchev–Trinajstić information content (AvgIpc) is 2.33. The van der Waals surface area contributed by atoms with Crippen LogP contribution in [0.1, 0.15) is 15.9 Å². The molecule has 0 saturated heterocycles. The van der Waals surface area contributed by atoms with E-state index in [0.29, 0.717) is 17.8 Å². The standard InChI is InChI=1S/C14H9BrF3NO/c1-7-2-9(15)6-10(3-7)19-14(20)8-4-11(16)13(18)12(17)5-8/h2-6H,1H3,(H,19,20). The third-order valence-corrected chi connectivity index (χ3v) is 3.00. The van der Waals surface area contributed by atoms with Crippen LogP contribution >= 0.6 is 15.9 Å². The molecule has 0 heterocycles. The molecule has 0 saturated carbocycles. The molecule has 0 aliphatic carbocycles. The Morgan fingerprint density at radius 3 is 2.20 bits per heavy atom. The van der Waals surface area contributed by atoms with Gasteiger partial charge in [0.15, 0.2) is 17.5 Å². The van der Waals surface area contributed by atoms with Gasteiger partial charge in [-0.25, -0.2) is 13.2 Å². The molecule has 0 atom stereocenters. The maximum atomic E-state index is 13.1. The van der Waals surface area contributed by atoms with Crippen LogP contribution in [0.15, 0.2) is 34.8 Å². The Bertz CT molecular complexity index is 645. The van der Waals surface area contributed by atoms with Gasteiger partial charge in [0.05, 0.1) is 0 Å². The molecule has 0 bridgehead atoms. The lowest BCUT2D eigenvalue weighted by molar-refractivity contribution is 0.102. The largest absolute Gasteiger partial charge is 0.322 e. The fraction of sp³-hybridized carbons (Fsp3) is 0.0714. The molecule has 0 aromatic heterocycles. The smallest absolute Gasteiger partial charge is 0.255 e. The van der Waals surface area contributed by atoms with Crippen molar-refractivity contribution in [3.8, 4) is 0 Å². The zero-order valence-corrected chi connectivity index (χ0v) is 11.9. The Balaban J connectivity index is 2.28. The van der Waals surface area contributed by atoms with Crippen molar-refractivity contribution in [2.75, 3.05) is 5.32 Å². The van der Waals surface area contributed by atoms with Crippen LogP contribution in [0, 0.1) is 24.4 Å². The van der Waals surface area contributed by atoms with Gasteiger partial charge in [-0.2, -0.15) is 0 Å². The maximum absolute atomic E-state index is 13.1. The molecule has 0 unspecified atom stereocenters. The lowest BCUT2D eigenvalue weighted by atomic mass is 10.1. The molecule has 1 N–H and O–H groups in total. The summed E-state index contributed by atoms with van der Waals surface area (Å²) in [6.07, 6.45) is 0. The second-order valence-electron chi connectivity index (χ2n) is 4.23. The highest BCUT2D eigenvalue weighted by molar-refractivity contribution is 9.10. The number of anilines is 1. The Morgan fingerprint density at radius 1 is 1.05 bits per heavy atom. The van der Waals surface area contributed by atoms with Crippen molar-refractivity contribution >= 4 is 27.5 Å². The Kier molecular flexibility index (Phi) is 4.13. The van der Waals surface area contributed by atoms with Gasteiger partial charge >= 0.3 is 0 Å². The Hall–Kier alpha value is -1.82. The molecule has 2 nitrogen and oxygen atoms in total. The summed E-state index contributed by atoms with van der Waals surface area (Å²) >= 11 is 3.27. The molecule has 0 fully saturated rings. The molecule has 0 spiro atoms. The summed E-state index contributed by atoms with van der Waals surface area (Å²) in [5, 5.41) is 2.49. The van der Waals surface area contributed by atoms with E-state index in [9.17, 15) is 18.0 Å². The van der Waals surface area contributed by atoms with Gasteiger partial charge in [-0.15, -0.1) is 0 Å². The second-order valence-corrected chi connectivity index (χ2v) is 5.14. The van der Waals surface area contributed by atoms with Crippen LogP contribution in [0.25, 0.3) is 0 Å². The molecule has 2 rings (SSSR count). The number of hydrogen-bond acceptors (Lipinski definition) is 1. The van der Waals surface area contributed by atoms with Crippen molar-refractivity contribution in [1.82, 2.24) is 0 Å². The summed E-state index contributed by atoms with van der Waals surface area (Å²) in [7, 11) is 0. The van der Waals surface area contributed by atoms with E-state index in [2.05, 4.69) is 21.2 Å². The highest BCUT2D eigenvalue weighted by atomic mass is 79.9. The highest BCUT2D eigenvalue weighted by Crippen LogP contribution is 2.20. The molecule has 6 heteroatoms. The van der Waals surface area contributed by atoms with E-state index < -0.39 is 23.4 Å². The van der Waals surface area contributed by atoms with Crippen molar-refractivity contribution < 1.29 is 18.0 Å². The summed E-state index contributed by atoms with van der Waals surface area (Å²) in [6, 6.07) is 6.48. The van der Waals surface area contributed by atoms with Gasteiger partial charge in [0.1, 0.15) is 0 Å². The third kappa shape index (κ3) is 3.19. The van der Waals surface area contributed by atoms with E-state index in [1.807, 2.05) is 13.0 Å². The van der Waals surface area contributed by atoms with Crippen molar-refractivity contribution in [2.24, 2.45) is 0 Å². The third-order valence-electron chi connectivity index (χ3n) is 2.55. The minimum atomic E-state index is -1.60. The van der Waals surface area contributed by atoms with E-state index in [1.54, 1.807) is 12.1 Å². The van der Waals surface area contributed by atoms with Crippen LogP contribution < -0.4 is 5.32 Å². The van der Waals surface area contributed by atoms with Gasteiger partial charge in [0.2, 0.25) is 0 Å². The molecule has 2 aromatic rings. The summed E-state index contributed by atoms with van der Waals surface area (Å²) < 4.78 is 39.7. The monoisotopic (exact) mass is 343 g/mol. The summed E-state index contributed by atoms with van der Waals surface area (Å²) in [5.74, 6) is -5.12. The first kappa shape index (κ1) is 14.6. The summed E-state index contributed by atoms with van der Waals surface area (Å²) in [6.45, 7) is 1.83. The number of aryl methyl sites for hydroxylation is 1. The van der Waals surface area contributed by atoms with Crippen molar-refractivity contribution in [3.63, 3.8) is 0 Å². The van der Waals surface area contributed by atoms with Crippen molar-refractivity contribution in [1.29, 1.82) is 0 Å². The van der Waals surface area contributed by atoms with Crippen LogP contribution in [0.5, 0.6) is 0 Å². The van der Waals surface area contributed by atoms with E-state index in [4.69, 9.17) is 0 Å². The van der Waals surface area contributed by atoms with E-state index in [-0.39, 0.29) is 5.56 Å². The fourth-order valence-corrected chi connectivity index (χ4v) is 2.31. The van der Waals surface area contributed by atoms with Crippen LogP contribution in [0.4, 0.5) is 18.9 Å². The first-order valence-corrected chi connectivity index (χ1v) is 6.39. The lowest BCUT2D eigenvalue weighted by Gasteiger charge is -2.08. The van der Waals surface area contributed by atoms with Crippen LogP contribution in [-0.4, -0.2) is 5.91 Å². The zero-order chi connectivity index (χ0) is 14.9. The topological polar surface area (TPSA) is 29.1 Å². The minimum absolute atomic E-state index is 0.293. The fourth-order valence-electron chi connectivity index (χ4n) is 1.70. The first-order valence-electron chi connectivity index (χ1n) is 5.60. The average molecular weight is 344 g/mol. The van der Waals surface area contributed by atoms with E-state index >= 15 is 0 Å². The maximum Gasteiger partial charge on any atom is 0.255 e. The molecule has 0 aliphatic rings. The Morgan fingerprint density at radius 2 is 1.65 bits per heavy atom. The van der Waals surface area contributed by atoms with Crippen LogP contribution in [0.2, 0.25) is 0 Å². The van der Waals surface area contributed by atoms with Gasteiger partial charge < -0.3 is 5.32 Å². The van der Waals surface area contributed by atoms with Crippen LogP contribution in [-0.2, 0) is 0 Å². The molecule has 20 heavy (non-hydrogen) atoms. The number of amides is 1. The lowest BCUT2D eigenvalue weighted by Crippen LogP contribution is -2.13.